The second-order valence-corrected chi connectivity index (χ2v) is 3.97. The summed E-state index contributed by atoms with van der Waals surface area (Å²) in [5.41, 5.74) is 0. The van der Waals surface area contributed by atoms with Gasteiger partial charge in [-0.3, -0.25) is 4.79 Å². The zero-order chi connectivity index (χ0) is 10.4. The Bertz CT molecular complexity index is 170. The molecule has 1 amide bonds. The summed E-state index contributed by atoms with van der Waals surface area (Å²) in [6.07, 6.45) is 4.27. The summed E-state index contributed by atoms with van der Waals surface area (Å²) in [5.74, 6) is 0.311. The highest BCUT2D eigenvalue weighted by Gasteiger charge is 2.25. The number of nitrogens with zero attached hydrogens (tertiary/aromatic N) is 1. The average molecular weight is 198 g/mol. The van der Waals surface area contributed by atoms with Crippen molar-refractivity contribution >= 4 is 5.91 Å². The molecule has 1 fully saturated rings. The van der Waals surface area contributed by atoms with Gasteiger partial charge < -0.3 is 10.2 Å². The minimum absolute atomic E-state index is 0.105. The van der Waals surface area contributed by atoms with Gasteiger partial charge in [0.05, 0.1) is 6.04 Å². The fourth-order valence-electron chi connectivity index (χ4n) is 1.99. The predicted octanol–water partition coefficient (Wildman–Crippen LogP) is 1.39. The Morgan fingerprint density at radius 3 is 2.43 bits per heavy atom. The van der Waals surface area contributed by atoms with E-state index in [1.807, 2.05) is 4.90 Å². The molecule has 1 N–H and O–H groups in total. The molecule has 0 aromatic heterocycles. The second kappa shape index (κ2) is 6.02. The first-order valence-electron chi connectivity index (χ1n) is 5.81. The number of carbonyl (C=O) groups excluding carboxylic acids is 1. The molecular weight excluding hydrogens is 176 g/mol. The number of hydrogen-bond acceptors (Lipinski definition) is 2. The smallest absolute Gasteiger partial charge is 0.239 e. The zero-order valence-corrected chi connectivity index (χ0v) is 9.38. The number of carbonyl (C=O) groups is 1. The van der Waals surface area contributed by atoms with Crippen molar-refractivity contribution in [2.75, 3.05) is 19.6 Å². The van der Waals surface area contributed by atoms with Gasteiger partial charge in [0, 0.05) is 13.1 Å². The van der Waals surface area contributed by atoms with E-state index in [1.165, 1.54) is 0 Å². The van der Waals surface area contributed by atoms with E-state index in [4.69, 9.17) is 0 Å². The standard InChI is InChI=1S/C11H22N2O/c1-3-8-13(9-4-2)11(14)10-6-5-7-12-10/h10,12H,3-9H2,1-2H3/t10-/m1/s1. The van der Waals surface area contributed by atoms with Crippen LogP contribution in [0.25, 0.3) is 0 Å². The molecule has 1 heterocycles. The van der Waals surface area contributed by atoms with Gasteiger partial charge in [0.25, 0.3) is 0 Å². The molecule has 0 unspecified atom stereocenters. The van der Waals surface area contributed by atoms with Crippen LogP contribution in [0.4, 0.5) is 0 Å². The summed E-state index contributed by atoms with van der Waals surface area (Å²) in [6.45, 7) is 7.06. The topological polar surface area (TPSA) is 32.3 Å². The van der Waals surface area contributed by atoms with Crippen molar-refractivity contribution < 1.29 is 4.79 Å². The lowest BCUT2D eigenvalue weighted by Gasteiger charge is -2.24. The minimum atomic E-state index is 0.105. The highest BCUT2D eigenvalue weighted by molar-refractivity contribution is 5.82. The van der Waals surface area contributed by atoms with Crippen LogP contribution in [0.5, 0.6) is 0 Å². The molecule has 1 saturated heterocycles. The Hall–Kier alpha value is -0.570. The Morgan fingerprint density at radius 1 is 1.36 bits per heavy atom. The maximum absolute atomic E-state index is 12.0. The summed E-state index contributed by atoms with van der Waals surface area (Å²) in [5, 5.41) is 3.26. The van der Waals surface area contributed by atoms with Gasteiger partial charge in [0.15, 0.2) is 0 Å². The molecule has 1 atom stereocenters. The van der Waals surface area contributed by atoms with Gasteiger partial charge in [-0.1, -0.05) is 13.8 Å². The minimum Gasteiger partial charge on any atom is -0.341 e. The number of amides is 1. The van der Waals surface area contributed by atoms with Gasteiger partial charge in [-0.15, -0.1) is 0 Å². The third kappa shape index (κ3) is 2.98. The fraction of sp³-hybridized carbons (Fsp3) is 0.909. The number of rotatable bonds is 5. The molecule has 0 aromatic rings. The molecule has 0 aromatic carbocycles. The quantitative estimate of drug-likeness (QED) is 0.724. The zero-order valence-electron chi connectivity index (χ0n) is 9.38. The first kappa shape index (κ1) is 11.5. The van der Waals surface area contributed by atoms with Crippen LogP contribution < -0.4 is 5.32 Å². The summed E-state index contributed by atoms with van der Waals surface area (Å²) in [7, 11) is 0. The lowest BCUT2D eigenvalue weighted by molar-refractivity contribution is -0.133. The molecule has 14 heavy (non-hydrogen) atoms. The van der Waals surface area contributed by atoms with E-state index < -0.39 is 0 Å². The first-order valence-corrected chi connectivity index (χ1v) is 5.81. The molecule has 0 radical (unpaired) electrons. The third-order valence-corrected chi connectivity index (χ3v) is 2.66. The highest BCUT2D eigenvalue weighted by Crippen LogP contribution is 2.09. The van der Waals surface area contributed by atoms with Crippen LogP contribution >= 0.6 is 0 Å². The first-order chi connectivity index (χ1) is 6.79. The van der Waals surface area contributed by atoms with Crippen LogP contribution in [0.1, 0.15) is 39.5 Å². The van der Waals surface area contributed by atoms with E-state index in [9.17, 15) is 4.79 Å². The van der Waals surface area contributed by atoms with Crippen LogP contribution in [-0.4, -0.2) is 36.5 Å². The lowest BCUT2D eigenvalue weighted by Crippen LogP contribution is -2.44. The van der Waals surface area contributed by atoms with E-state index in [0.29, 0.717) is 5.91 Å². The largest absolute Gasteiger partial charge is 0.341 e. The van der Waals surface area contributed by atoms with E-state index in [-0.39, 0.29) is 6.04 Å². The maximum atomic E-state index is 12.0. The van der Waals surface area contributed by atoms with Gasteiger partial charge in [0.1, 0.15) is 0 Å². The second-order valence-electron chi connectivity index (χ2n) is 3.97. The van der Waals surface area contributed by atoms with Gasteiger partial charge in [-0.25, -0.2) is 0 Å². The maximum Gasteiger partial charge on any atom is 0.239 e. The molecule has 3 nitrogen and oxygen atoms in total. The van der Waals surface area contributed by atoms with Crippen molar-refractivity contribution in [3.05, 3.63) is 0 Å². The van der Waals surface area contributed by atoms with Crippen molar-refractivity contribution in [1.82, 2.24) is 10.2 Å². The molecule has 1 aliphatic rings. The molecule has 0 aliphatic carbocycles. The molecule has 1 rings (SSSR count). The molecule has 0 spiro atoms. The van der Waals surface area contributed by atoms with Crippen LogP contribution in [-0.2, 0) is 4.79 Å². The van der Waals surface area contributed by atoms with Gasteiger partial charge in [-0.05, 0) is 32.2 Å². The Morgan fingerprint density at radius 2 is 2.00 bits per heavy atom. The van der Waals surface area contributed by atoms with Crippen molar-refractivity contribution in [1.29, 1.82) is 0 Å². The summed E-state index contributed by atoms with van der Waals surface area (Å²) in [6, 6.07) is 0.105. The van der Waals surface area contributed by atoms with Crippen molar-refractivity contribution in [2.24, 2.45) is 0 Å². The Kier molecular flexibility index (Phi) is 4.94. The van der Waals surface area contributed by atoms with E-state index in [2.05, 4.69) is 19.2 Å². The van der Waals surface area contributed by atoms with Gasteiger partial charge >= 0.3 is 0 Å². The Balaban J connectivity index is 2.43. The van der Waals surface area contributed by atoms with Gasteiger partial charge in [0.2, 0.25) is 5.91 Å². The monoisotopic (exact) mass is 198 g/mol. The summed E-state index contributed by atoms with van der Waals surface area (Å²) < 4.78 is 0. The Labute approximate surface area is 86.9 Å². The highest BCUT2D eigenvalue weighted by atomic mass is 16.2. The molecule has 0 bridgehead atoms. The molecule has 0 saturated carbocycles. The number of nitrogens with one attached hydrogen (secondary N) is 1. The van der Waals surface area contributed by atoms with Crippen LogP contribution in [0.15, 0.2) is 0 Å². The van der Waals surface area contributed by atoms with E-state index in [1.54, 1.807) is 0 Å². The molecule has 82 valence electrons. The SMILES string of the molecule is CCCN(CCC)C(=O)[C@H]1CCCN1. The van der Waals surface area contributed by atoms with E-state index in [0.717, 1.165) is 45.3 Å². The average Bonchev–Trinajstić information content (AvgIpc) is 2.69. The van der Waals surface area contributed by atoms with E-state index >= 15 is 0 Å². The lowest BCUT2D eigenvalue weighted by atomic mass is 10.2. The van der Waals surface area contributed by atoms with Gasteiger partial charge in [-0.2, -0.15) is 0 Å². The van der Waals surface area contributed by atoms with Crippen molar-refractivity contribution in [3.8, 4) is 0 Å². The summed E-state index contributed by atoms with van der Waals surface area (Å²) in [4.78, 5) is 14.0. The number of hydrogen-bond donors (Lipinski definition) is 1. The van der Waals surface area contributed by atoms with Crippen LogP contribution in [0.2, 0.25) is 0 Å². The normalized spacial score (nSPS) is 21.1. The van der Waals surface area contributed by atoms with Crippen molar-refractivity contribution in [3.63, 3.8) is 0 Å². The molecule has 1 aliphatic heterocycles. The molecule has 3 heteroatoms. The third-order valence-electron chi connectivity index (χ3n) is 2.66. The fourth-order valence-corrected chi connectivity index (χ4v) is 1.99. The summed E-state index contributed by atoms with van der Waals surface area (Å²) >= 11 is 0. The van der Waals surface area contributed by atoms with Crippen LogP contribution in [0.3, 0.4) is 0 Å². The molecular formula is C11H22N2O. The predicted molar refractivity (Wildman–Crippen MR) is 58.2 cm³/mol. The van der Waals surface area contributed by atoms with Crippen LogP contribution in [0, 0.1) is 0 Å². The van der Waals surface area contributed by atoms with Crippen molar-refractivity contribution in [2.45, 2.75) is 45.6 Å².